The Bertz CT molecular complexity index is 1430. The van der Waals surface area contributed by atoms with Crippen LogP contribution in [0.15, 0.2) is 47.0 Å². The van der Waals surface area contributed by atoms with Gasteiger partial charge in [-0.05, 0) is 62.3 Å². The molecule has 2 aliphatic rings. The van der Waals surface area contributed by atoms with Gasteiger partial charge in [0.25, 0.3) is 0 Å². The maximum atomic E-state index is 11.7. The zero-order chi connectivity index (χ0) is 22.9. The minimum Gasteiger partial charge on any atom is -0.478 e. The number of carboxylic acids is 1. The fourth-order valence-electron chi connectivity index (χ4n) is 6.45. The van der Waals surface area contributed by atoms with E-state index in [0.29, 0.717) is 17.5 Å². The van der Waals surface area contributed by atoms with Crippen LogP contribution in [0.4, 0.5) is 5.69 Å². The Labute approximate surface area is 192 Å². The van der Waals surface area contributed by atoms with Crippen LogP contribution in [0, 0.1) is 18.8 Å². The first kappa shape index (κ1) is 20.2. The van der Waals surface area contributed by atoms with Crippen LogP contribution < -0.4 is 5.32 Å². The van der Waals surface area contributed by atoms with Crippen LogP contribution >= 0.6 is 0 Å². The quantitative estimate of drug-likeness (QED) is 0.381. The number of carboxylic acid groups (broad SMARTS) is 1. The van der Waals surface area contributed by atoms with Crippen molar-refractivity contribution in [2.45, 2.75) is 51.5 Å². The molecular weight excluding hydrogens is 414 g/mol. The number of aryl methyl sites for hydroxylation is 1. The minimum atomic E-state index is -0.952. The molecule has 0 aliphatic heterocycles. The monoisotopic (exact) mass is 441 g/mol. The van der Waals surface area contributed by atoms with Crippen LogP contribution in [0.5, 0.6) is 0 Å². The van der Waals surface area contributed by atoms with Gasteiger partial charge in [0.05, 0.1) is 17.8 Å². The predicted octanol–water partition coefficient (Wildman–Crippen LogP) is 6.24. The summed E-state index contributed by atoms with van der Waals surface area (Å²) in [6.45, 7) is 6.44. The van der Waals surface area contributed by atoms with E-state index in [1.165, 1.54) is 24.8 Å². The molecule has 2 heterocycles. The lowest BCUT2D eigenvalue weighted by Gasteiger charge is -2.18. The molecule has 2 aromatic heterocycles. The van der Waals surface area contributed by atoms with Gasteiger partial charge >= 0.3 is 5.97 Å². The molecule has 4 unspecified atom stereocenters. The molecule has 0 radical (unpaired) electrons. The molecule has 4 atom stereocenters. The fourth-order valence-corrected chi connectivity index (χ4v) is 6.45. The molecule has 2 aromatic carbocycles. The Morgan fingerprint density at radius 1 is 1.27 bits per heavy atom. The van der Waals surface area contributed by atoms with Gasteiger partial charge in [-0.1, -0.05) is 31.5 Å². The van der Waals surface area contributed by atoms with Gasteiger partial charge in [0, 0.05) is 27.6 Å². The summed E-state index contributed by atoms with van der Waals surface area (Å²) in [6, 6.07) is 11.0. The predicted molar refractivity (Wildman–Crippen MR) is 128 cm³/mol. The summed E-state index contributed by atoms with van der Waals surface area (Å²) in [4.78, 5) is 11.7. The highest BCUT2D eigenvalue weighted by atomic mass is 16.4. The number of rotatable bonds is 5. The van der Waals surface area contributed by atoms with Crippen molar-refractivity contribution in [3.63, 3.8) is 0 Å². The number of benzene rings is 2. The molecule has 2 aliphatic carbocycles. The van der Waals surface area contributed by atoms with Crippen molar-refractivity contribution in [3.05, 3.63) is 64.8 Å². The van der Waals surface area contributed by atoms with Crippen LogP contribution in [-0.4, -0.2) is 21.3 Å². The summed E-state index contributed by atoms with van der Waals surface area (Å²) in [7, 11) is 0. The summed E-state index contributed by atoms with van der Waals surface area (Å²) in [5.74, 6) is 0.417. The molecule has 0 spiro atoms. The van der Waals surface area contributed by atoms with Gasteiger partial charge in [0.15, 0.2) is 5.58 Å². The Morgan fingerprint density at radius 3 is 2.85 bits per heavy atom. The van der Waals surface area contributed by atoms with Crippen LogP contribution in [0.3, 0.4) is 0 Å². The number of hydrogen-bond donors (Lipinski definition) is 2. The van der Waals surface area contributed by atoms with E-state index in [-0.39, 0.29) is 17.0 Å². The normalized spacial score (nSPS) is 24.7. The maximum absolute atomic E-state index is 11.7. The second-order valence-electron chi connectivity index (χ2n) is 9.81. The van der Waals surface area contributed by atoms with Crippen LogP contribution in [0.25, 0.3) is 22.1 Å². The van der Waals surface area contributed by atoms with Gasteiger partial charge in [0.2, 0.25) is 0 Å². The number of para-hydroxylation sites is 1. The van der Waals surface area contributed by atoms with Crippen molar-refractivity contribution in [1.82, 2.24) is 10.2 Å². The second kappa shape index (κ2) is 7.04. The van der Waals surface area contributed by atoms with Crippen LogP contribution in [-0.2, 0) is 5.41 Å². The number of nitrogens with one attached hydrogen (secondary N) is 1. The number of furan rings is 1. The third kappa shape index (κ3) is 2.82. The molecule has 2 fully saturated rings. The topological polar surface area (TPSA) is 88.2 Å². The van der Waals surface area contributed by atoms with Crippen LogP contribution in [0.2, 0.25) is 0 Å². The smallest absolute Gasteiger partial charge is 0.337 e. The Kier molecular flexibility index (Phi) is 4.31. The number of hydrogen-bond acceptors (Lipinski definition) is 5. The molecule has 6 heteroatoms. The number of aromatic carboxylic acids is 1. The molecule has 2 saturated carbocycles. The third-order valence-electron chi connectivity index (χ3n) is 8.10. The summed E-state index contributed by atoms with van der Waals surface area (Å²) >= 11 is 0. The van der Waals surface area contributed by atoms with E-state index in [0.717, 1.165) is 33.2 Å². The number of carbonyl (C=O) groups is 1. The summed E-state index contributed by atoms with van der Waals surface area (Å²) in [6.07, 6.45) is 5.64. The number of aromatic nitrogens is 2. The SMILES string of the molecule is Cc1cc(C(C)Nc2ccccc2C(=O)O)c2oc3c(C45CCCC4C5C)cnnc3c2c1. The average Bonchev–Trinajstić information content (AvgIpc) is 3.14. The standard InChI is InChI=1S/C27H27N3O3/c1-14-11-18(16(3)29-22-9-5-4-7-17(22)26(31)32)24-19(12-14)23-25(33-24)21(13-28-30-23)27-10-6-8-20(27)15(27)2/h4-5,7,9,11-13,15-16,20,29H,6,8,10H2,1-3H3,(H,31,32). The molecule has 6 rings (SSSR count). The lowest BCUT2D eigenvalue weighted by molar-refractivity contribution is 0.0698. The van der Waals surface area contributed by atoms with Crippen molar-refractivity contribution in [3.8, 4) is 0 Å². The van der Waals surface area contributed by atoms with Crippen molar-refractivity contribution in [1.29, 1.82) is 0 Å². The highest BCUT2D eigenvalue weighted by Crippen LogP contribution is 2.69. The van der Waals surface area contributed by atoms with Gasteiger partial charge in [-0.2, -0.15) is 5.10 Å². The van der Waals surface area contributed by atoms with E-state index < -0.39 is 5.97 Å². The third-order valence-corrected chi connectivity index (χ3v) is 8.10. The van der Waals surface area contributed by atoms with Crippen molar-refractivity contribution >= 4 is 33.7 Å². The van der Waals surface area contributed by atoms with E-state index >= 15 is 0 Å². The van der Waals surface area contributed by atoms with E-state index in [9.17, 15) is 9.90 Å². The summed E-state index contributed by atoms with van der Waals surface area (Å²) in [5.41, 5.74) is 6.79. The number of fused-ring (bicyclic) bond motifs is 4. The van der Waals surface area contributed by atoms with E-state index in [1.807, 2.05) is 19.2 Å². The van der Waals surface area contributed by atoms with E-state index in [1.54, 1.807) is 18.2 Å². The molecule has 6 nitrogen and oxygen atoms in total. The Balaban J connectivity index is 1.49. The highest BCUT2D eigenvalue weighted by molar-refractivity contribution is 6.05. The molecule has 0 saturated heterocycles. The van der Waals surface area contributed by atoms with E-state index in [2.05, 4.69) is 41.5 Å². The second-order valence-corrected chi connectivity index (χ2v) is 9.81. The van der Waals surface area contributed by atoms with E-state index in [4.69, 9.17) is 4.42 Å². The van der Waals surface area contributed by atoms with Gasteiger partial charge in [0.1, 0.15) is 11.1 Å². The van der Waals surface area contributed by atoms with Gasteiger partial charge in [-0.3, -0.25) is 0 Å². The molecule has 4 aromatic rings. The first-order valence-electron chi connectivity index (χ1n) is 11.7. The Hall–Kier alpha value is -3.41. The van der Waals surface area contributed by atoms with Crippen molar-refractivity contribution < 1.29 is 14.3 Å². The largest absolute Gasteiger partial charge is 0.478 e. The summed E-state index contributed by atoms with van der Waals surface area (Å²) < 4.78 is 6.60. The zero-order valence-electron chi connectivity index (χ0n) is 19.1. The van der Waals surface area contributed by atoms with Gasteiger partial charge in [-0.25, -0.2) is 4.79 Å². The molecule has 33 heavy (non-hydrogen) atoms. The molecular formula is C27H27N3O3. The van der Waals surface area contributed by atoms with Gasteiger partial charge in [-0.15, -0.1) is 5.10 Å². The highest BCUT2D eigenvalue weighted by Gasteiger charge is 2.65. The maximum Gasteiger partial charge on any atom is 0.337 e. The summed E-state index contributed by atoms with van der Waals surface area (Å²) in [5, 5.41) is 22.8. The van der Waals surface area contributed by atoms with Gasteiger partial charge < -0.3 is 14.8 Å². The molecule has 0 amide bonds. The molecule has 0 bridgehead atoms. The van der Waals surface area contributed by atoms with Crippen molar-refractivity contribution in [2.75, 3.05) is 5.32 Å². The first-order chi connectivity index (χ1) is 15.9. The van der Waals surface area contributed by atoms with Crippen LogP contribution in [0.1, 0.15) is 66.2 Å². The number of anilines is 1. The fraction of sp³-hybridized carbons (Fsp3) is 0.370. The van der Waals surface area contributed by atoms with Crippen molar-refractivity contribution in [2.24, 2.45) is 11.8 Å². The lowest BCUT2D eigenvalue weighted by Crippen LogP contribution is -2.11. The average molecular weight is 442 g/mol. The first-order valence-corrected chi connectivity index (χ1v) is 11.7. The number of nitrogens with zero attached hydrogens (tertiary/aromatic N) is 2. The minimum absolute atomic E-state index is 0.165. The zero-order valence-corrected chi connectivity index (χ0v) is 19.1. The Morgan fingerprint density at radius 2 is 2.09 bits per heavy atom. The molecule has 168 valence electrons. The molecule has 2 N–H and O–H groups in total. The lowest BCUT2D eigenvalue weighted by atomic mass is 9.91.